The van der Waals surface area contributed by atoms with Gasteiger partial charge >= 0.3 is 0 Å². The van der Waals surface area contributed by atoms with Crippen molar-refractivity contribution in [3.05, 3.63) is 71.6 Å². The molecule has 3 aromatic rings. The highest BCUT2D eigenvalue weighted by Gasteiger charge is 2.15. The van der Waals surface area contributed by atoms with Crippen LogP contribution in [0.1, 0.15) is 24.7 Å². The van der Waals surface area contributed by atoms with Gasteiger partial charge in [0.25, 0.3) is 0 Å². The Morgan fingerprint density at radius 1 is 1.00 bits per heavy atom. The molecule has 0 aliphatic carbocycles. The van der Waals surface area contributed by atoms with Gasteiger partial charge in [-0.3, -0.25) is 4.79 Å². The zero-order chi connectivity index (χ0) is 22.2. The summed E-state index contributed by atoms with van der Waals surface area (Å²) in [5, 5.41) is 4.44. The third-order valence-electron chi connectivity index (χ3n) is 4.97. The van der Waals surface area contributed by atoms with Gasteiger partial charge in [-0.2, -0.15) is 0 Å². The van der Waals surface area contributed by atoms with Gasteiger partial charge in [0.1, 0.15) is 5.82 Å². The second-order valence-electron chi connectivity index (χ2n) is 7.99. The molecule has 0 saturated carbocycles. The highest BCUT2D eigenvalue weighted by molar-refractivity contribution is 5.97. The van der Waals surface area contributed by atoms with Gasteiger partial charge in [0.05, 0.1) is 12.1 Å². The van der Waals surface area contributed by atoms with Gasteiger partial charge < -0.3 is 15.1 Å². The first-order valence-electron chi connectivity index (χ1n) is 10.6. The SMILES string of the molecule is C/C(=C\c1ccccc1)C(=O)N(C)Cc1nc(NCCCN(C)C)c2ccccc2n1. The summed E-state index contributed by atoms with van der Waals surface area (Å²) >= 11 is 0. The van der Waals surface area contributed by atoms with Crippen LogP contribution in [0.25, 0.3) is 17.0 Å². The standard InChI is InChI=1S/C25H31N5O/c1-19(17-20-11-6-5-7-12-20)25(31)30(4)18-23-27-22-14-9-8-13-21(22)24(28-23)26-15-10-16-29(2)3/h5-9,11-14,17H,10,15-16,18H2,1-4H3,(H,26,27,28)/b19-17+. The van der Waals surface area contributed by atoms with Crippen molar-refractivity contribution in [3.8, 4) is 0 Å². The van der Waals surface area contributed by atoms with Crippen molar-refractivity contribution < 1.29 is 4.79 Å². The van der Waals surface area contributed by atoms with E-state index in [1.807, 2.05) is 67.6 Å². The number of carbonyl (C=O) groups is 1. The lowest BCUT2D eigenvalue weighted by atomic mass is 10.1. The number of hydrogen-bond donors (Lipinski definition) is 1. The topological polar surface area (TPSA) is 61.4 Å². The Labute approximate surface area is 184 Å². The van der Waals surface area contributed by atoms with Crippen LogP contribution < -0.4 is 5.32 Å². The van der Waals surface area contributed by atoms with Crippen molar-refractivity contribution in [2.75, 3.05) is 39.5 Å². The van der Waals surface area contributed by atoms with Crippen molar-refractivity contribution >= 4 is 28.7 Å². The summed E-state index contributed by atoms with van der Waals surface area (Å²) in [5.41, 5.74) is 2.56. The molecular formula is C25H31N5O. The predicted octanol–water partition coefficient (Wildman–Crippen LogP) is 4.06. The molecule has 1 amide bonds. The first-order valence-corrected chi connectivity index (χ1v) is 10.6. The summed E-state index contributed by atoms with van der Waals surface area (Å²) in [6.45, 7) is 4.01. The molecule has 0 aliphatic rings. The zero-order valence-corrected chi connectivity index (χ0v) is 18.8. The number of rotatable bonds is 9. The van der Waals surface area contributed by atoms with E-state index in [0.29, 0.717) is 17.9 Å². The van der Waals surface area contributed by atoms with Gasteiger partial charge in [-0.25, -0.2) is 9.97 Å². The summed E-state index contributed by atoms with van der Waals surface area (Å²) in [6.07, 6.45) is 2.92. The second kappa shape index (κ2) is 10.7. The quantitative estimate of drug-likeness (QED) is 0.420. The van der Waals surface area contributed by atoms with Crippen molar-refractivity contribution in [1.29, 1.82) is 0 Å². The number of likely N-dealkylation sites (N-methyl/N-ethyl adjacent to an activating group) is 1. The molecule has 1 N–H and O–H groups in total. The fourth-order valence-corrected chi connectivity index (χ4v) is 3.38. The van der Waals surface area contributed by atoms with Gasteiger partial charge in [-0.1, -0.05) is 42.5 Å². The van der Waals surface area contributed by atoms with Crippen LogP contribution in [-0.4, -0.2) is 59.9 Å². The van der Waals surface area contributed by atoms with Crippen LogP contribution in [0.3, 0.4) is 0 Å². The molecule has 1 heterocycles. The van der Waals surface area contributed by atoms with E-state index in [1.54, 1.807) is 11.9 Å². The first-order chi connectivity index (χ1) is 14.9. The van der Waals surface area contributed by atoms with Gasteiger partial charge in [-0.15, -0.1) is 0 Å². The highest BCUT2D eigenvalue weighted by atomic mass is 16.2. The van der Waals surface area contributed by atoms with E-state index >= 15 is 0 Å². The van der Waals surface area contributed by atoms with E-state index in [2.05, 4.69) is 29.3 Å². The van der Waals surface area contributed by atoms with E-state index in [4.69, 9.17) is 4.98 Å². The first kappa shape index (κ1) is 22.4. The number of anilines is 1. The maximum Gasteiger partial charge on any atom is 0.249 e. The number of benzene rings is 2. The number of para-hydroxylation sites is 1. The Balaban J connectivity index is 1.75. The molecule has 0 atom stereocenters. The lowest BCUT2D eigenvalue weighted by Gasteiger charge is -2.18. The second-order valence-corrected chi connectivity index (χ2v) is 7.99. The average Bonchev–Trinajstić information content (AvgIpc) is 2.76. The van der Waals surface area contributed by atoms with Crippen LogP contribution in [0, 0.1) is 0 Å². The highest BCUT2D eigenvalue weighted by Crippen LogP contribution is 2.21. The normalized spacial score (nSPS) is 11.7. The molecule has 0 aliphatic heterocycles. The van der Waals surface area contributed by atoms with Gasteiger partial charge in [0.15, 0.2) is 5.82 Å². The third-order valence-corrected chi connectivity index (χ3v) is 4.97. The third kappa shape index (κ3) is 6.36. The van der Waals surface area contributed by atoms with Crippen LogP contribution in [0.4, 0.5) is 5.82 Å². The molecule has 0 spiro atoms. The molecule has 0 bridgehead atoms. The number of amides is 1. The van der Waals surface area contributed by atoms with Crippen LogP contribution in [0.15, 0.2) is 60.2 Å². The number of nitrogens with one attached hydrogen (secondary N) is 1. The lowest BCUT2D eigenvalue weighted by Crippen LogP contribution is -2.28. The van der Waals surface area contributed by atoms with Crippen LogP contribution >= 0.6 is 0 Å². The number of nitrogens with zero attached hydrogens (tertiary/aromatic N) is 4. The fraction of sp³-hybridized carbons (Fsp3) is 0.320. The van der Waals surface area contributed by atoms with Crippen LogP contribution in [0.2, 0.25) is 0 Å². The van der Waals surface area contributed by atoms with E-state index in [9.17, 15) is 4.79 Å². The Hall–Kier alpha value is -3.25. The van der Waals surface area contributed by atoms with Crippen LogP contribution in [-0.2, 0) is 11.3 Å². The Kier molecular flexibility index (Phi) is 7.73. The van der Waals surface area contributed by atoms with Crippen molar-refractivity contribution in [1.82, 2.24) is 19.8 Å². The summed E-state index contributed by atoms with van der Waals surface area (Å²) in [7, 11) is 5.92. The van der Waals surface area contributed by atoms with E-state index in [1.165, 1.54) is 0 Å². The molecule has 0 fully saturated rings. The lowest BCUT2D eigenvalue weighted by molar-refractivity contribution is -0.126. The summed E-state index contributed by atoms with van der Waals surface area (Å²) in [6, 6.07) is 17.8. The van der Waals surface area contributed by atoms with E-state index in [0.717, 1.165) is 41.8 Å². The number of fused-ring (bicyclic) bond motifs is 1. The Morgan fingerprint density at radius 3 is 2.45 bits per heavy atom. The fourth-order valence-electron chi connectivity index (χ4n) is 3.38. The minimum atomic E-state index is -0.0406. The molecule has 0 unspecified atom stereocenters. The van der Waals surface area contributed by atoms with Crippen molar-refractivity contribution in [2.24, 2.45) is 0 Å². The molecule has 3 rings (SSSR count). The molecule has 1 aromatic heterocycles. The molecule has 6 nitrogen and oxygen atoms in total. The van der Waals surface area contributed by atoms with Gasteiger partial charge in [-0.05, 0) is 57.8 Å². The summed E-state index contributed by atoms with van der Waals surface area (Å²) in [5.74, 6) is 1.40. The summed E-state index contributed by atoms with van der Waals surface area (Å²) < 4.78 is 0. The molecular weight excluding hydrogens is 386 g/mol. The van der Waals surface area contributed by atoms with Gasteiger partial charge in [0.2, 0.25) is 5.91 Å². The minimum Gasteiger partial charge on any atom is -0.369 e. The molecule has 0 saturated heterocycles. The molecule has 2 aromatic carbocycles. The van der Waals surface area contributed by atoms with E-state index in [-0.39, 0.29) is 5.91 Å². The molecule has 31 heavy (non-hydrogen) atoms. The van der Waals surface area contributed by atoms with Crippen LogP contribution in [0.5, 0.6) is 0 Å². The van der Waals surface area contributed by atoms with Crippen molar-refractivity contribution in [3.63, 3.8) is 0 Å². The minimum absolute atomic E-state index is 0.0406. The summed E-state index contributed by atoms with van der Waals surface area (Å²) in [4.78, 5) is 26.1. The molecule has 162 valence electrons. The van der Waals surface area contributed by atoms with E-state index < -0.39 is 0 Å². The smallest absolute Gasteiger partial charge is 0.249 e. The molecule has 0 radical (unpaired) electrons. The largest absolute Gasteiger partial charge is 0.369 e. The van der Waals surface area contributed by atoms with Crippen molar-refractivity contribution in [2.45, 2.75) is 19.9 Å². The number of hydrogen-bond acceptors (Lipinski definition) is 5. The van der Waals surface area contributed by atoms with Gasteiger partial charge in [0, 0.05) is 24.6 Å². The monoisotopic (exact) mass is 417 g/mol. The number of carbonyl (C=O) groups excluding carboxylic acids is 1. The molecule has 6 heteroatoms. The maximum atomic E-state index is 12.9. The Morgan fingerprint density at radius 2 is 1.71 bits per heavy atom. The Bertz CT molecular complexity index is 1050. The maximum absolute atomic E-state index is 12.9. The predicted molar refractivity (Wildman–Crippen MR) is 128 cm³/mol. The average molecular weight is 418 g/mol. The zero-order valence-electron chi connectivity index (χ0n) is 18.8. The number of aromatic nitrogens is 2.